The maximum atomic E-state index is 2.63. The zero-order valence-electron chi connectivity index (χ0n) is 14.3. The molecule has 0 unspecified atom stereocenters. The van der Waals surface area contributed by atoms with Gasteiger partial charge in [0.25, 0.3) is 0 Å². The van der Waals surface area contributed by atoms with Crippen molar-refractivity contribution in [3.8, 4) is 0 Å². The molecular weight excluding hydrogens is 254 g/mol. The summed E-state index contributed by atoms with van der Waals surface area (Å²) in [6.07, 6.45) is 8.10. The second kappa shape index (κ2) is 8.58. The monoisotopic (exact) mass is 287 g/mol. The summed E-state index contributed by atoms with van der Waals surface area (Å²) < 4.78 is 0. The minimum Gasteiger partial charge on any atom is -0.299 e. The lowest BCUT2D eigenvalue weighted by molar-refractivity contribution is 0.172. The van der Waals surface area contributed by atoms with Crippen LogP contribution in [0.4, 0.5) is 0 Å². The number of rotatable bonds is 7. The largest absolute Gasteiger partial charge is 0.299 e. The van der Waals surface area contributed by atoms with Gasteiger partial charge in [0.05, 0.1) is 0 Å². The van der Waals surface area contributed by atoms with Gasteiger partial charge in [0, 0.05) is 6.54 Å². The number of hydrogen-bond acceptors (Lipinski definition) is 1. The molecule has 118 valence electrons. The Labute approximate surface area is 131 Å². The number of likely N-dealkylation sites (tertiary alicyclic amines) is 1. The van der Waals surface area contributed by atoms with Crippen molar-refractivity contribution in [2.45, 2.75) is 65.8 Å². The van der Waals surface area contributed by atoms with Crippen molar-refractivity contribution in [2.24, 2.45) is 11.8 Å². The Morgan fingerprint density at radius 1 is 1.05 bits per heavy atom. The number of aryl methyl sites for hydroxylation is 1. The molecule has 0 atom stereocenters. The fourth-order valence-electron chi connectivity index (χ4n) is 3.37. The normalized spacial score (nSPS) is 17.5. The zero-order valence-corrected chi connectivity index (χ0v) is 14.3. The van der Waals surface area contributed by atoms with Crippen LogP contribution in [0.15, 0.2) is 24.3 Å². The average molecular weight is 287 g/mol. The maximum Gasteiger partial charge on any atom is 0.0233 e. The summed E-state index contributed by atoms with van der Waals surface area (Å²) in [5, 5.41) is 0. The second-order valence-corrected chi connectivity index (χ2v) is 7.26. The minimum atomic E-state index is 0.800. The van der Waals surface area contributed by atoms with E-state index >= 15 is 0 Å². The molecule has 0 N–H and O–H groups in total. The first-order valence-corrected chi connectivity index (χ1v) is 8.97. The lowest BCUT2D eigenvalue weighted by atomic mass is 9.92. The summed E-state index contributed by atoms with van der Waals surface area (Å²) in [4.78, 5) is 2.63. The predicted molar refractivity (Wildman–Crippen MR) is 92.5 cm³/mol. The van der Waals surface area contributed by atoms with Crippen molar-refractivity contribution in [2.75, 3.05) is 13.1 Å². The molecule has 0 bridgehead atoms. The van der Waals surface area contributed by atoms with Crippen molar-refractivity contribution >= 4 is 0 Å². The third-order valence-corrected chi connectivity index (χ3v) is 4.84. The molecule has 1 heteroatoms. The van der Waals surface area contributed by atoms with Crippen LogP contribution in [0.25, 0.3) is 0 Å². The van der Waals surface area contributed by atoms with Crippen LogP contribution in [0.5, 0.6) is 0 Å². The first-order chi connectivity index (χ1) is 10.2. The highest BCUT2D eigenvalue weighted by Gasteiger charge is 2.18. The molecule has 1 aromatic carbocycles. The summed E-state index contributed by atoms with van der Waals surface area (Å²) in [6.45, 7) is 10.6. The number of benzene rings is 1. The van der Waals surface area contributed by atoms with Crippen LogP contribution in [0, 0.1) is 11.8 Å². The fourth-order valence-corrected chi connectivity index (χ4v) is 3.37. The molecule has 0 radical (unpaired) electrons. The van der Waals surface area contributed by atoms with Gasteiger partial charge in [-0.05, 0) is 61.7 Å². The van der Waals surface area contributed by atoms with Crippen LogP contribution < -0.4 is 0 Å². The summed E-state index contributed by atoms with van der Waals surface area (Å²) >= 11 is 0. The highest BCUT2D eigenvalue weighted by Crippen LogP contribution is 2.23. The second-order valence-electron chi connectivity index (χ2n) is 7.26. The predicted octanol–water partition coefficient (Wildman–Crippen LogP) is 5.29. The van der Waals surface area contributed by atoms with E-state index in [4.69, 9.17) is 0 Å². The van der Waals surface area contributed by atoms with Crippen LogP contribution in [0.1, 0.15) is 64.0 Å². The molecule has 0 amide bonds. The van der Waals surface area contributed by atoms with Crippen molar-refractivity contribution in [3.05, 3.63) is 35.4 Å². The van der Waals surface area contributed by atoms with Gasteiger partial charge in [0.15, 0.2) is 0 Å². The molecule has 1 saturated heterocycles. The molecule has 0 aliphatic carbocycles. The number of nitrogens with zero attached hydrogens (tertiary/aromatic N) is 1. The van der Waals surface area contributed by atoms with E-state index in [1.54, 1.807) is 0 Å². The molecule has 0 saturated carbocycles. The molecule has 1 aliphatic rings. The third-order valence-electron chi connectivity index (χ3n) is 4.84. The van der Waals surface area contributed by atoms with Gasteiger partial charge in [-0.3, -0.25) is 4.90 Å². The zero-order chi connectivity index (χ0) is 15.1. The van der Waals surface area contributed by atoms with Gasteiger partial charge in [0.2, 0.25) is 0 Å². The third kappa shape index (κ3) is 5.82. The molecular formula is C20H33N. The van der Waals surface area contributed by atoms with E-state index in [-0.39, 0.29) is 0 Å². The van der Waals surface area contributed by atoms with Gasteiger partial charge in [0.1, 0.15) is 0 Å². The lowest BCUT2D eigenvalue weighted by Gasteiger charge is -2.31. The van der Waals surface area contributed by atoms with Gasteiger partial charge in [-0.1, -0.05) is 57.9 Å². The van der Waals surface area contributed by atoms with Crippen LogP contribution >= 0.6 is 0 Å². The first kappa shape index (κ1) is 16.5. The van der Waals surface area contributed by atoms with Crippen LogP contribution in [0.2, 0.25) is 0 Å². The molecule has 1 nitrogen and oxygen atoms in total. The van der Waals surface area contributed by atoms with Crippen LogP contribution in [-0.4, -0.2) is 18.0 Å². The van der Waals surface area contributed by atoms with Gasteiger partial charge < -0.3 is 0 Å². The van der Waals surface area contributed by atoms with E-state index in [0.717, 1.165) is 18.4 Å². The topological polar surface area (TPSA) is 3.24 Å². The van der Waals surface area contributed by atoms with E-state index in [2.05, 4.69) is 49.9 Å². The first-order valence-electron chi connectivity index (χ1n) is 8.97. The van der Waals surface area contributed by atoms with Gasteiger partial charge >= 0.3 is 0 Å². The van der Waals surface area contributed by atoms with Crippen molar-refractivity contribution in [3.63, 3.8) is 0 Å². The standard InChI is InChI=1S/C20H33N/c1-4-5-18-12-14-21(15-13-18)16-20-10-8-19(9-11-20)7-6-17(2)3/h8-11,17-18H,4-7,12-16H2,1-3H3. The van der Waals surface area contributed by atoms with Crippen LogP contribution in [-0.2, 0) is 13.0 Å². The smallest absolute Gasteiger partial charge is 0.0233 e. The highest BCUT2D eigenvalue weighted by atomic mass is 15.1. The van der Waals surface area contributed by atoms with Gasteiger partial charge in [-0.15, -0.1) is 0 Å². The molecule has 1 heterocycles. The Bertz CT molecular complexity index is 385. The number of hydrogen-bond donors (Lipinski definition) is 0. The Kier molecular flexibility index (Phi) is 6.76. The van der Waals surface area contributed by atoms with Crippen LogP contribution in [0.3, 0.4) is 0 Å². The van der Waals surface area contributed by atoms with Crippen molar-refractivity contribution < 1.29 is 0 Å². The Balaban J connectivity index is 1.76. The average Bonchev–Trinajstić information content (AvgIpc) is 2.49. The van der Waals surface area contributed by atoms with Crippen molar-refractivity contribution in [1.29, 1.82) is 0 Å². The molecule has 21 heavy (non-hydrogen) atoms. The summed E-state index contributed by atoms with van der Waals surface area (Å²) in [5.41, 5.74) is 2.98. The van der Waals surface area contributed by atoms with Gasteiger partial charge in [-0.2, -0.15) is 0 Å². The summed E-state index contributed by atoms with van der Waals surface area (Å²) in [6, 6.07) is 9.35. The molecule has 2 rings (SSSR count). The van der Waals surface area contributed by atoms with E-state index in [1.807, 2.05) is 0 Å². The molecule has 1 aliphatic heterocycles. The lowest BCUT2D eigenvalue weighted by Crippen LogP contribution is -2.33. The highest BCUT2D eigenvalue weighted by molar-refractivity contribution is 5.22. The summed E-state index contributed by atoms with van der Waals surface area (Å²) in [5.74, 6) is 1.79. The minimum absolute atomic E-state index is 0.800. The van der Waals surface area contributed by atoms with E-state index in [9.17, 15) is 0 Å². The quantitative estimate of drug-likeness (QED) is 0.659. The Hall–Kier alpha value is -0.820. The Morgan fingerprint density at radius 3 is 2.24 bits per heavy atom. The van der Waals surface area contributed by atoms with E-state index in [1.165, 1.54) is 62.7 Å². The van der Waals surface area contributed by atoms with Gasteiger partial charge in [-0.25, -0.2) is 0 Å². The molecule has 1 fully saturated rings. The molecule has 0 aromatic heterocycles. The SMILES string of the molecule is CCCC1CCN(Cc2ccc(CCC(C)C)cc2)CC1. The number of piperidine rings is 1. The van der Waals surface area contributed by atoms with E-state index < -0.39 is 0 Å². The fraction of sp³-hybridized carbons (Fsp3) is 0.700. The molecule has 0 spiro atoms. The maximum absolute atomic E-state index is 2.63. The summed E-state index contributed by atoms with van der Waals surface area (Å²) in [7, 11) is 0. The van der Waals surface area contributed by atoms with Crippen molar-refractivity contribution in [1.82, 2.24) is 4.90 Å². The Morgan fingerprint density at radius 2 is 1.67 bits per heavy atom. The molecule has 1 aromatic rings. The van der Waals surface area contributed by atoms with E-state index in [0.29, 0.717) is 0 Å².